The van der Waals surface area contributed by atoms with Gasteiger partial charge in [-0.2, -0.15) is 0 Å². The highest BCUT2D eigenvalue weighted by Crippen LogP contribution is 2.23. The summed E-state index contributed by atoms with van der Waals surface area (Å²) in [6.07, 6.45) is 0.651. The largest absolute Gasteiger partial charge is 0.398 e. The molecule has 7 heteroatoms. The molecule has 1 unspecified atom stereocenters. The predicted octanol–water partition coefficient (Wildman–Crippen LogP) is 1.81. The van der Waals surface area contributed by atoms with Crippen molar-refractivity contribution in [3.63, 3.8) is 0 Å². The van der Waals surface area contributed by atoms with E-state index in [2.05, 4.69) is 20.6 Å². The number of carbonyl (C=O) groups excluding carboxylic acids is 1. The van der Waals surface area contributed by atoms with Crippen LogP contribution >= 0.6 is 0 Å². The molecule has 1 aliphatic rings. The number of pyridine rings is 1. The molecule has 0 fully saturated rings. The van der Waals surface area contributed by atoms with Gasteiger partial charge in [0.2, 0.25) is 0 Å². The zero-order valence-electron chi connectivity index (χ0n) is 13.4. The van der Waals surface area contributed by atoms with Crippen molar-refractivity contribution in [3.05, 3.63) is 53.2 Å². The van der Waals surface area contributed by atoms with E-state index in [1.807, 2.05) is 37.3 Å². The van der Waals surface area contributed by atoms with Crippen LogP contribution in [0.15, 0.2) is 41.4 Å². The number of fused-ring (bicyclic) bond motifs is 1. The second-order valence-corrected chi connectivity index (χ2v) is 5.67. The lowest BCUT2D eigenvalue weighted by atomic mass is 10.1. The van der Waals surface area contributed by atoms with E-state index < -0.39 is 0 Å². The maximum absolute atomic E-state index is 12.2. The summed E-state index contributed by atoms with van der Waals surface area (Å²) in [6.45, 7) is 2.49. The Morgan fingerprint density at radius 3 is 2.75 bits per heavy atom. The summed E-state index contributed by atoms with van der Waals surface area (Å²) in [5.74, 6) is 0.800. The number of carbonyl (C=O) groups is 1. The zero-order chi connectivity index (χ0) is 17.1. The highest BCUT2D eigenvalue weighted by molar-refractivity contribution is 6.04. The molecule has 0 spiro atoms. The number of amides is 2. The number of anilines is 2. The SMILES string of the molecule is CC(NC(=O)Nc1cc(N)c2c(n1)CCN=C2N)c1ccccc1. The molecule has 0 bridgehead atoms. The van der Waals surface area contributed by atoms with E-state index in [4.69, 9.17) is 11.5 Å². The third-order valence-electron chi connectivity index (χ3n) is 3.90. The van der Waals surface area contributed by atoms with Gasteiger partial charge in [0.15, 0.2) is 0 Å². The minimum Gasteiger partial charge on any atom is -0.398 e. The van der Waals surface area contributed by atoms with Crippen molar-refractivity contribution in [2.45, 2.75) is 19.4 Å². The van der Waals surface area contributed by atoms with Crippen LogP contribution in [0, 0.1) is 0 Å². The van der Waals surface area contributed by atoms with E-state index >= 15 is 0 Å². The first-order valence-corrected chi connectivity index (χ1v) is 7.76. The first-order chi connectivity index (χ1) is 11.5. The van der Waals surface area contributed by atoms with E-state index in [1.165, 1.54) is 0 Å². The number of benzene rings is 1. The highest BCUT2D eigenvalue weighted by atomic mass is 16.2. The molecule has 24 heavy (non-hydrogen) atoms. The zero-order valence-corrected chi connectivity index (χ0v) is 13.4. The Hall–Kier alpha value is -3.09. The Labute approximate surface area is 140 Å². The average molecular weight is 324 g/mol. The number of nitrogens with two attached hydrogens (primary N) is 2. The molecule has 0 saturated heterocycles. The molecule has 3 rings (SSSR count). The quantitative estimate of drug-likeness (QED) is 0.688. The standard InChI is InChI=1S/C17H20N6O/c1-10(11-5-3-2-4-6-11)21-17(24)23-14-9-12(18)15-13(22-14)7-8-20-16(15)19/h2-6,9-10H,7-8H2,1H3,(H2,19,20)(H4,18,21,22,23,24). The summed E-state index contributed by atoms with van der Waals surface area (Å²) in [6, 6.07) is 10.9. The fourth-order valence-electron chi connectivity index (χ4n) is 2.70. The Morgan fingerprint density at radius 2 is 2.00 bits per heavy atom. The summed E-state index contributed by atoms with van der Waals surface area (Å²) >= 11 is 0. The van der Waals surface area contributed by atoms with E-state index in [0.717, 1.165) is 11.3 Å². The molecule has 6 N–H and O–H groups in total. The van der Waals surface area contributed by atoms with Crippen molar-refractivity contribution >= 4 is 23.4 Å². The molecule has 0 radical (unpaired) electrons. The van der Waals surface area contributed by atoms with Crippen molar-refractivity contribution in [2.75, 3.05) is 17.6 Å². The van der Waals surface area contributed by atoms with Crippen LogP contribution in [0.3, 0.4) is 0 Å². The van der Waals surface area contributed by atoms with Crippen LogP contribution in [-0.2, 0) is 6.42 Å². The number of nitrogens with zero attached hydrogens (tertiary/aromatic N) is 2. The predicted molar refractivity (Wildman–Crippen MR) is 95.0 cm³/mol. The molecule has 124 valence electrons. The molecule has 7 nitrogen and oxygen atoms in total. The monoisotopic (exact) mass is 324 g/mol. The van der Waals surface area contributed by atoms with E-state index in [1.54, 1.807) is 6.07 Å². The highest BCUT2D eigenvalue weighted by Gasteiger charge is 2.18. The lowest BCUT2D eigenvalue weighted by molar-refractivity contribution is 0.249. The maximum atomic E-state index is 12.2. The normalized spacial score (nSPS) is 14.3. The Kier molecular flexibility index (Phi) is 4.33. The van der Waals surface area contributed by atoms with E-state index in [-0.39, 0.29) is 12.1 Å². The maximum Gasteiger partial charge on any atom is 0.320 e. The van der Waals surface area contributed by atoms with Gasteiger partial charge in [0, 0.05) is 24.7 Å². The fraction of sp³-hybridized carbons (Fsp3) is 0.235. The van der Waals surface area contributed by atoms with Gasteiger partial charge in [-0.25, -0.2) is 9.78 Å². The summed E-state index contributed by atoms with van der Waals surface area (Å²) < 4.78 is 0. The van der Waals surface area contributed by atoms with Gasteiger partial charge in [0.1, 0.15) is 11.7 Å². The molecular formula is C17H20N6O. The van der Waals surface area contributed by atoms with Crippen LogP contribution in [0.1, 0.15) is 29.8 Å². The number of aromatic nitrogens is 1. The molecule has 0 aliphatic carbocycles. The number of hydrogen-bond acceptors (Lipinski definition) is 5. The molecule has 1 atom stereocenters. The van der Waals surface area contributed by atoms with Crippen LogP contribution in [0.2, 0.25) is 0 Å². The van der Waals surface area contributed by atoms with Gasteiger partial charge in [-0.15, -0.1) is 0 Å². The minimum atomic E-state index is -0.337. The molecule has 2 amide bonds. The number of nitrogen functional groups attached to an aromatic ring is 1. The Morgan fingerprint density at radius 1 is 1.25 bits per heavy atom. The van der Waals surface area contributed by atoms with Crippen molar-refractivity contribution in [1.82, 2.24) is 10.3 Å². The lowest BCUT2D eigenvalue weighted by Gasteiger charge is -2.18. The molecule has 0 saturated carbocycles. The Bertz CT molecular complexity index is 787. The van der Waals surface area contributed by atoms with Crippen LogP contribution < -0.4 is 22.1 Å². The third-order valence-corrected chi connectivity index (χ3v) is 3.90. The van der Waals surface area contributed by atoms with E-state index in [0.29, 0.717) is 35.9 Å². The van der Waals surface area contributed by atoms with Crippen LogP contribution in [0.4, 0.5) is 16.3 Å². The smallest absolute Gasteiger partial charge is 0.320 e. The van der Waals surface area contributed by atoms with Crippen molar-refractivity contribution < 1.29 is 4.79 Å². The molecule has 1 aliphatic heterocycles. The summed E-state index contributed by atoms with van der Waals surface area (Å²) in [7, 11) is 0. The van der Waals surface area contributed by atoms with Crippen molar-refractivity contribution in [1.29, 1.82) is 0 Å². The van der Waals surface area contributed by atoms with Gasteiger partial charge in [-0.3, -0.25) is 10.3 Å². The fourth-order valence-corrected chi connectivity index (χ4v) is 2.70. The molecule has 2 heterocycles. The number of aliphatic imine (C=N–C) groups is 1. The number of urea groups is 1. The van der Waals surface area contributed by atoms with Crippen LogP contribution in [-0.4, -0.2) is 23.4 Å². The van der Waals surface area contributed by atoms with Crippen LogP contribution in [0.25, 0.3) is 0 Å². The van der Waals surface area contributed by atoms with Crippen LogP contribution in [0.5, 0.6) is 0 Å². The summed E-state index contributed by atoms with van der Waals surface area (Å²) in [5.41, 5.74) is 14.8. The summed E-state index contributed by atoms with van der Waals surface area (Å²) in [4.78, 5) is 20.8. The van der Waals surface area contributed by atoms with Gasteiger partial charge >= 0.3 is 6.03 Å². The van der Waals surface area contributed by atoms with Crippen molar-refractivity contribution in [2.24, 2.45) is 10.7 Å². The topological polar surface area (TPSA) is 118 Å². The second-order valence-electron chi connectivity index (χ2n) is 5.67. The molecule has 1 aromatic heterocycles. The van der Waals surface area contributed by atoms with Crippen molar-refractivity contribution in [3.8, 4) is 0 Å². The minimum absolute atomic E-state index is 0.121. The Balaban J connectivity index is 1.71. The van der Waals surface area contributed by atoms with Gasteiger partial charge in [-0.05, 0) is 12.5 Å². The number of hydrogen-bond donors (Lipinski definition) is 4. The van der Waals surface area contributed by atoms with Gasteiger partial charge < -0.3 is 16.8 Å². The number of amidine groups is 1. The van der Waals surface area contributed by atoms with Gasteiger partial charge in [-0.1, -0.05) is 30.3 Å². The van der Waals surface area contributed by atoms with Gasteiger partial charge in [0.25, 0.3) is 0 Å². The first-order valence-electron chi connectivity index (χ1n) is 7.76. The molecule has 2 aromatic rings. The third kappa shape index (κ3) is 3.29. The number of nitrogens with one attached hydrogen (secondary N) is 2. The summed E-state index contributed by atoms with van der Waals surface area (Å²) in [5, 5.41) is 5.60. The van der Waals surface area contributed by atoms with Gasteiger partial charge in [0.05, 0.1) is 17.3 Å². The number of rotatable bonds is 3. The second kappa shape index (κ2) is 6.57. The van der Waals surface area contributed by atoms with E-state index in [9.17, 15) is 4.79 Å². The average Bonchev–Trinajstić information content (AvgIpc) is 2.55. The first kappa shape index (κ1) is 15.8. The molecular weight excluding hydrogens is 304 g/mol. The molecule has 1 aromatic carbocycles. The lowest BCUT2D eigenvalue weighted by Crippen LogP contribution is -2.32.